The van der Waals surface area contributed by atoms with Crippen molar-refractivity contribution in [1.82, 2.24) is 9.80 Å². The van der Waals surface area contributed by atoms with Gasteiger partial charge in [0.1, 0.15) is 0 Å². The first kappa shape index (κ1) is 15.6. The Morgan fingerprint density at radius 2 is 1.80 bits per heavy atom. The molecule has 0 aromatic carbocycles. The number of rotatable bonds is 3. The van der Waals surface area contributed by atoms with Gasteiger partial charge in [0.2, 0.25) is 5.91 Å². The Morgan fingerprint density at radius 1 is 1.15 bits per heavy atom. The van der Waals surface area contributed by atoms with Crippen molar-refractivity contribution in [1.29, 1.82) is 0 Å². The topological polar surface area (TPSA) is 43.8 Å². The minimum absolute atomic E-state index is 0.0398. The average molecular weight is 294 g/mol. The maximum atomic E-state index is 12.6. The quantitative estimate of drug-likeness (QED) is 0.852. The van der Waals surface area contributed by atoms with Gasteiger partial charge in [0.05, 0.1) is 25.1 Å². The van der Waals surface area contributed by atoms with Crippen molar-refractivity contribution >= 4 is 5.91 Å². The van der Waals surface area contributed by atoms with E-state index < -0.39 is 12.1 Å². The molecule has 0 radical (unpaired) electrons. The van der Waals surface area contributed by atoms with Gasteiger partial charge in [0, 0.05) is 6.54 Å². The van der Waals surface area contributed by atoms with Crippen LogP contribution >= 0.6 is 0 Å². The highest BCUT2D eigenvalue weighted by Crippen LogP contribution is 2.34. The highest BCUT2D eigenvalue weighted by molar-refractivity contribution is 5.78. The van der Waals surface area contributed by atoms with Gasteiger partial charge in [0.15, 0.2) is 0 Å². The molecule has 2 aliphatic heterocycles. The summed E-state index contributed by atoms with van der Waals surface area (Å²) in [5.41, 5.74) is 0. The van der Waals surface area contributed by atoms with E-state index in [0.717, 1.165) is 12.8 Å². The summed E-state index contributed by atoms with van der Waals surface area (Å²) >= 11 is 0. The van der Waals surface area contributed by atoms with Crippen LogP contribution in [0.2, 0.25) is 0 Å². The van der Waals surface area contributed by atoms with Gasteiger partial charge < -0.3 is 10.0 Å². The van der Waals surface area contributed by atoms with Crippen molar-refractivity contribution in [2.75, 3.05) is 32.8 Å². The summed E-state index contributed by atoms with van der Waals surface area (Å²) in [4.78, 5) is 15.6. The lowest BCUT2D eigenvalue weighted by atomic mass is 9.96. The molecule has 0 unspecified atom stereocenters. The van der Waals surface area contributed by atoms with E-state index in [1.54, 1.807) is 9.80 Å². The predicted octanol–water partition coefficient (Wildman–Crippen LogP) is 1.24. The minimum Gasteiger partial charge on any atom is -0.394 e. The standard InChI is InChI=1S/C13H21F3N2O2/c14-13(15,16)10-3-6-17(7-4-10)8-12(20)18-5-1-2-11(18)9-19/h10-11,19H,1-9H2/t11-/m1/s1. The molecule has 0 aromatic rings. The Balaban J connectivity index is 1.79. The monoisotopic (exact) mass is 294 g/mol. The molecule has 2 aliphatic rings. The van der Waals surface area contributed by atoms with Crippen molar-refractivity contribution in [2.24, 2.45) is 5.92 Å². The molecular formula is C13H21F3N2O2. The first-order valence-corrected chi connectivity index (χ1v) is 7.11. The number of piperidine rings is 1. The third-order valence-electron chi connectivity index (χ3n) is 4.32. The number of aliphatic hydroxyl groups is 1. The number of hydrogen-bond acceptors (Lipinski definition) is 3. The van der Waals surface area contributed by atoms with Gasteiger partial charge in [-0.1, -0.05) is 0 Å². The SMILES string of the molecule is O=C(CN1CCC(C(F)(F)F)CC1)N1CCC[C@@H]1CO. The molecule has 20 heavy (non-hydrogen) atoms. The lowest BCUT2D eigenvalue weighted by molar-refractivity contribution is -0.185. The number of likely N-dealkylation sites (tertiary alicyclic amines) is 2. The minimum atomic E-state index is -4.12. The van der Waals surface area contributed by atoms with Gasteiger partial charge in [-0.2, -0.15) is 13.2 Å². The molecule has 0 spiro atoms. The van der Waals surface area contributed by atoms with E-state index >= 15 is 0 Å². The first-order valence-electron chi connectivity index (χ1n) is 7.11. The first-order chi connectivity index (χ1) is 9.41. The number of alkyl halides is 3. The molecule has 0 aliphatic carbocycles. The van der Waals surface area contributed by atoms with Crippen molar-refractivity contribution in [3.63, 3.8) is 0 Å². The van der Waals surface area contributed by atoms with E-state index in [9.17, 15) is 23.1 Å². The number of aliphatic hydroxyl groups excluding tert-OH is 1. The van der Waals surface area contributed by atoms with Gasteiger partial charge in [-0.15, -0.1) is 0 Å². The van der Waals surface area contributed by atoms with Crippen LogP contribution in [0.5, 0.6) is 0 Å². The van der Waals surface area contributed by atoms with Crippen LogP contribution in [0, 0.1) is 5.92 Å². The Kier molecular flexibility index (Phi) is 4.90. The number of carbonyl (C=O) groups excluding carboxylic acids is 1. The molecule has 0 aromatic heterocycles. The summed E-state index contributed by atoms with van der Waals surface area (Å²) in [7, 11) is 0. The highest BCUT2D eigenvalue weighted by atomic mass is 19.4. The molecular weight excluding hydrogens is 273 g/mol. The zero-order valence-corrected chi connectivity index (χ0v) is 11.4. The fourth-order valence-electron chi connectivity index (χ4n) is 3.05. The Morgan fingerprint density at radius 3 is 2.35 bits per heavy atom. The van der Waals surface area contributed by atoms with Gasteiger partial charge in [0.25, 0.3) is 0 Å². The highest BCUT2D eigenvalue weighted by Gasteiger charge is 2.41. The molecule has 4 nitrogen and oxygen atoms in total. The molecule has 1 N–H and O–H groups in total. The summed E-state index contributed by atoms with van der Waals surface area (Å²) in [5.74, 6) is -1.31. The second-order valence-corrected chi connectivity index (χ2v) is 5.66. The zero-order chi connectivity index (χ0) is 14.8. The number of amides is 1. The number of hydrogen-bond donors (Lipinski definition) is 1. The smallest absolute Gasteiger partial charge is 0.391 e. The van der Waals surface area contributed by atoms with Crippen LogP contribution < -0.4 is 0 Å². The van der Waals surface area contributed by atoms with Gasteiger partial charge in [-0.3, -0.25) is 9.69 Å². The van der Waals surface area contributed by atoms with Gasteiger partial charge in [-0.05, 0) is 38.8 Å². The summed E-state index contributed by atoms with van der Waals surface area (Å²) in [6.45, 7) is 1.40. The fourth-order valence-corrected chi connectivity index (χ4v) is 3.05. The van der Waals surface area contributed by atoms with Crippen molar-refractivity contribution in [2.45, 2.75) is 37.9 Å². The number of halogens is 3. The van der Waals surface area contributed by atoms with Crippen LogP contribution in [-0.2, 0) is 4.79 Å². The summed E-state index contributed by atoms with van der Waals surface area (Å²) in [5, 5.41) is 9.18. The largest absolute Gasteiger partial charge is 0.394 e. The number of carbonyl (C=O) groups is 1. The lowest BCUT2D eigenvalue weighted by Crippen LogP contribution is -2.47. The molecule has 2 rings (SSSR count). The van der Waals surface area contributed by atoms with E-state index in [4.69, 9.17) is 0 Å². The van der Waals surface area contributed by atoms with E-state index in [1.807, 2.05) is 0 Å². The lowest BCUT2D eigenvalue weighted by Gasteiger charge is -2.34. The van der Waals surface area contributed by atoms with Crippen LogP contribution in [0.1, 0.15) is 25.7 Å². The van der Waals surface area contributed by atoms with Crippen LogP contribution in [0.4, 0.5) is 13.2 Å². The number of nitrogens with zero attached hydrogens (tertiary/aromatic N) is 2. The van der Waals surface area contributed by atoms with Gasteiger partial charge in [-0.25, -0.2) is 0 Å². The molecule has 1 atom stereocenters. The van der Waals surface area contributed by atoms with Gasteiger partial charge >= 0.3 is 6.18 Å². The molecule has 2 saturated heterocycles. The van der Waals surface area contributed by atoms with Crippen LogP contribution in [-0.4, -0.2) is 65.8 Å². The molecule has 7 heteroatoms. The van der Waals surface area contributed by atoms with Crippen molar-refractivity contribution in [3.05, 3.63) is 0 Å². The molecule has 2 heterocycles. The van der Waals surface area contributed by atoms with E-state index in [2.05, 4.69) is 0 Å². The Hall–Kier alpha value is -0.820. The third kappa shape index (κ3) is 3.63. The summed E-state index contributed by atoms with van der Waals surface area (Å²) < 4.78 is 37.7. The van der Waals surface area contributed by atoms with Crippen molar-refractivity contribution < 1.29 is 23.1 Å². The maximum Gasteiger partial charge on any atom is 0.391 e. The molecule has 1 amide bonds. The average Bonchev–Trinajstić information content (AvgIpc) is 2.86. The second kappa shape index (κ2) is 6.30. The van der Waals surface area contributed by atoms with Crippen LogP contribution in [0.15, 0.2) is 0 Å². The predicted molar refractivity (Wildman–Crippen MR) is 67.0 cm³/mol. The van der Waals surface area contributed by atoms with Crippen LogP contribution in [0.3, 0.4) is 0 Å². The normalized spacial score (nSPS) is 26.2. The molecule has 2 fully saturated rings. The maximum absolute atomic E-state index is 12.6. The van der Waals surface area contributed by atoms with Crippen molar-refractivity contribution in [3.8, 4) is 0 Å². The van der Waals surface area contributed by atoms with E-state index in [-0.39, 0.29) is 37.9 Å². The summed E-state index contributed by atoms with van der Waals surface area (Å²) in [6, 6.07) is -0.116. The third-order valence-corrected chi connectivity index (χ3v) is 4.32. The van der Waals surface area contributed by atoms with E-state index in [1.165, 1.54) is 0 Å². The molecule has 0 bridgehead atoms. The Bertz CT molecular complexity index is 341. The zero-order valence-electron chi connectivity index (χ0n) is 11.4. The van der Waals surface area contributed by atoms with Crippen LogP contribution in [0.25, 0.3) is 0 Å². The fraction of sp³-hybridized carbons (Fsp3) is 0.923. The Labute approximate surface area is 116 Å². The molecule has 0 saturated carbocycles. The second-order valence-electron chi connectivity index (χ2n) is 5.66. The van der Waals surface area contributed by atoms with E-state index in [0.29, 0.717) is 19.6 Å². The summed E-state index contributed by atoms with van der Waals surface area (Å²) in [6.07, 6.45) is -2.29. The molecule has 116 valence electrons.